The molecule has 23 heavy (non-hydrogen) atoms. The van der Waals surface area contributed by atoms with E-state index in [0.29, 0.717) is 5.56 Å². The Balaban J connectivity index is 1.95. The molecule has 2 saturated heterocycles. The van der Waals surface area contributed by atoms with Gasteiger partial charge in [-0.2, -0.15) is 4.31 Å². The van der Waals surface area contributed by atoms with Crippen molar-refractivity contribution in [1.82, 2.24) is 9.21 Å². The fourth-order valence-corrected chi connectivity index (χ4v) is 6.53. The number of benzene rings is 1. The maximum Gasteiger partial charge on any atom is 0.254 e. The highest BCUT2D eigenvalue weighted by Crippen LogP contribution is 2.29. The van der Waals surface area contributed by atoms with Crippen molar-refractivity contribution in [1.29, 1.82) is 0 Å². The summed E-state index contributed by atoms with van der Waals surface area (Å²) < 4.78 is 49.1. The van der Waals surface area contributed by atoms with Crippen LogP contribution in [0.5, 0.6) is 0 Å². The average molecular weight is 358 g/mol. The van der Waals surface area contributed by atoms with Gasteiger partial charge in [0.2, 0.25) is 10.0 Å². The predicted molar refractivity (Wildman–Crippen MR) is 85.3 cm³/mol. The molecule has 0 radical (unpaired) electrons. The molecule has 1 amide bonds. The van der Waals surface area contributed by atoms with Crippen LogP contribution in [-0.2, 0) is 19.9 Å². The van der Waals surface area contributed by atoms with E-state index < -0.39 is 31.9 Å². The molecule has 126 valence electrons. The number of carbonyl (C=O) groups excluding carboxylic acids is 1. The fraction of sp³-hybridized carbons (Fsp3) is 0.500. The lowest BCUT2D eigenvalue weighted by atomic mass is 10.1. The second-order valence-electron chi connectivity index (χ2n) is 5.95. The molecule has 1 aromatic rings. The first kappa shape index (κ1) is 16.4. The Labute approximate surface area is 135 Å². The van der Waals surface area contributed by atoms with Crippen LogP contribution in [-0.4, -0.2) is 74.9 Å². The minimum absolute atomic E-state index is 0.119. The van der Waals surface area contributed by atoms with Gasteiger partial charge >= 0.3 is 0 Å². The van der Waals surface area contributed by atoms with E-state index >= 15 is 0 Å². The highest BCUT2D eigenvalue weighted by Gasteiger charge is 2.50. The standard InChI is InChI=1S/C14H18N2O5S2/c1-22(18,19)16-8-7-15(12-9-23(20,21)10-13(12)16)14(17)11-5-3-2-4-6-11/h2-6,12-13H,7-10H2,1H3/t12-,13+/m1/s1. The third-order valence-electron chi connectivity index (χ3n) is 4.33. The zero-order valence-corrected chi connectivity index (χ0v) is 14.3. The van der Waals surface area contributed by atoms with Gasteiger partial charge in [0.05, 0.1) is 29.8 Å². The molecule has 0 saturated carbocycles. The Bertz CT molecular complexity index is 820. The third kappa shape index (κ3) is 3.13. The van der Waals surface area contributed by atoms with E-state index in [0.717, 1.165) is 6.26 Å². The number of nitrogens with zero attached hydrogens (tertiary/aromatic N) is 2. The van der Waals surface area contributed by atoms with E-state index in [2.05, 4.69) is 0 Å². The molecule has 0 N–H and O–H groups in total. The highest BCUT2D eigenvalue weighted by atomic mass is 32.2. The van der Waals surface area contributed by atoms with Crippen LogP contribution >= 0.6 is 0 Å². The first-order valence-electron chi connectivity index (χ1n) is 7.22. The first-order chi connectivity index (χ1) is 10.7. The number of hydrogen-bond acceptors (Lipinski definition) is 5. The Morgan fingerprint density at radius 1 is 1.09 bits per heavy atom. The van der Waals surface area contributed by atoms with Crippen LogP contribution in [0.15, 0.2) is 30.3 Å². The Morgan fingerprint density at radius 3 is 2.30 bits per heavy atom. The smallest absolute Gasteiger partial charge is 0.254 e. The number of fused-ring (bicyclic) bond motifs is 1. The largest absolute Gasteiger partial charge is 0.332 e. The monoisotopic (exact) mass is 358 g/mol. The van der Waals surface area contributed by atoms with Crippen molar-refractivity contribution in [2.75, 3.05) is 30.9 Å². The molecule has 1 aromatic carbocycles. The number of hydrogen-bond donors (Lipinski definition) is 0. The molecule has 2 aliphatic rings. The molecule has 2 atom stereocenters. The van der Waals surface area contributed by atoms with Crippen molar-refractivity contribution < 1.29 is 21.6 Å². The number of sulfone groups is 1. The molecule has 7 nitrogen and oxygen atoms in total. The number of carbonyl (C=O) groups is 1. The summed E-state index contributed by atoms with van der Waals surface area (Å²) in [6.45, 7) is 0.311. The second-order valence-corrected chi connectivity index (χ2v) is 10.0. The van der Waals surface area contributed by atoms with Gasteiger partial charge in [0.15, 0.2) is 9.84 Å². The Morgan fingerprint density at radius 2 is 1.70 bits per heavy atom. The molecule has 9 heteroatoms. The molecule has 0 unspecified atom stereocenters. The lowest BCUT2D eigenvalue weighted by Gasteiger charge is -2.42. The molecule has 0 bridgehead atoms. The summed E-state index contributed by atoms with van der Waals surface area (Å²) in [6.07, 6.45) is 1.07. The van der Waals surface area contributed by atoms with E-state index in [-0.39, 0.29) is 30.5 Å². The summed E-state index contributed by atoms with van der Waals surface area (Å²) in [4.78, 5) is 14.2. The molecular weight excluding hydrogens is 340 g/mol. The van der Waals surface area contributed by atoms with Gasteiger partial charge in [-0.1, -0.05) is 18.2 Å². The maximum absolute atomic E-state index is 12.7. The summed E-state index contributed by atoms with van der Waals surface area (Å²) in [5, 5.41) is 0. The Hall–Kier alpha value is -1.45. The van der Waals surface area contributed by atoms with Crippen LogP contribution in [0.1, 0.15) is 10.4 Å². The van der Waals surface area contributed by atoms with Crippen molar-refractivity contribution in [2.24, 2.45) is 0 Å². The summed E-state index contributed by atoms with van der Waals surface area (Å²) in [7, 11) is -6.88. The zero-order valence-electron chi connectivity index (χ0n) is 12.6. The fourth-order valence-electron chi connectivity index (χ4n) is 3.33. The van der Waals surface area contributed by atoms with Gasteiger partial charge < -0.3 is 4.90 Å². The minimum Gasteiger partial charge on any atom is -0.332 e. The van der Waals surface area contributed by atoms with Gasteiger partial charge in [-0.3, -0.25) is 4.79 Å². The van der Waals surface area contributed by atoms with Crippen LogP contribution in [0, 0.1) is 0 Å². The van der Waals surface area contributed by atoms with Gasteiger partial charge in [-0.15, -0.1) is 0 Å². The van der Waals surface area contributed by atoms with E-state index in [1.54, 1.807) is 30.3 Å². The van der Waals surface area contributed by atoms with Crippen LogP contribution in [0.2, 0.25) is 0 Å². The average Bonchev–Trinajstić information content (AvgIpc) is 2.79. The SMILES string of the molecule is CS(=O)(=O)N1CCN(C(=O)c2ccccc2)[C@@H]2CS(=O)(=O)C[C@@H]21. The lowest BCUT2D eigenvalue weighted by Crippen LogP contribution is -2.61. The number of rotatable bonds is 2. The van der Waals surface area contributed by atoms with Gasteiger partial charge in [0.1, 0.15) is 0 Å². The van der Waals surface area contributed by atoms with Crippen LogP contribution in [0.4, 0.5) is 0 Å². The molecule has 2 heterocycles. The van der Waals surface area contributed by atoms with Crippen molar-refractivity contribution in [3.63, 3.8) is 0 Å². The molecule has 0 aliphatic carbocycles. The first-order valence-corrected chi connectivity index (χ1v) is 10.9. The van der Waals surface area contributed by atoms with Crippen molar-refractivity contribution in [2.45, 2.75) is 12.1 Å². The second kappa shape index (κ2) is 5.57. The summed E-state index contributed by atoms with van der Waals surface area (Å²) in [6, 6.07) is 7.29. The number of sulfonamides is 1. The van der Waals surface area contributed by atoms with Crippen molar-refractivity contribution in [3.8, 4) is 0 Å². The predicted octanol–water partition coefficient (Wildman–Crippen LogP) is -0.430. The summed E-state index contributed by atoms with van der Waals surface area (Å²) >= 11 is 0. The highest BCUT2D eigenvalue weighted by molar-refractivity contribution is 7.92. The Kier molecular flexibility index (Phi) is 3.97. The molecule has 0 spiro atoms. The number of piperazine rings is 1. The van der Waals surface area contributed by atoms with E-state index in [1.807, 2.05) is 0 Å². The van der Waals surface area contributed by atoms with Crippen molar-refractivity contribution >= 4 is 25.8 Å². The molecular formula is C14H18N2O5S2. The summed E-state index contributed by atoms with van der Waals surface area (Å²) in [5.41, 5.74) is 0.475. The topological polar surface area (TPSA) is 91.8 Å². The van der Waals surface area contributed by atoms with E-state index in [1.165, 1.54) is 9.21 Å². The third-order valence-corrected chi connectivity index (χ3v) is 7.34. The van der Waals surface area contributed by atoms with Gasteiger partial charge in [0, 0.05) is 18.7 Å². The molecule has 2 fully saturated rings. The van der Waals surface area contributed by atoms with Crippen LogP contribution in [0.3, 0.4) is 0 Å². The maximum atomic E-state index is 12.7. The summed E-state index contributed by atoms with van der Waals surface area (Å²) in [5.74, 6) is -0.684. The zero-order chi connectivity index (χ0) is 16.8. The van der Waals surface area contributed by atoms with Gasteiger partial charge in [0.25, 0.3) is 5.91 Å². The molecule has 2 aliphatic heterocycles. The van der Waals surface area contributed by atoms with Crippen LogP contribution in [0.25, 0.3) is 0 Å². The molecule has 0 aromatic heterocycles. The van der Waals surface area contributed by atoms with Gasteiger partial charge in [-0.25, -0.2) is 16.8 Å². The number of amides is 1. The van der Waals surface area contributed by atoms with E-state index in [4.69, 9.17) is 0 Å². The molecule has 3 rings (SSSR count). The van der Waals surface area contributed by atoms with Gasteiger partial charge in [-0.05, 0) is 12.1 Å². The lowest BCUT2D eigenvalue weighted by molar-refractivity contribution is 0.0516. The minimum atomic E-state index is -3.51. The quantitative estimate of drug-likeness (QED) is 0.715. The normalized spacial score (nSPS) is 27.6. The van der Waals surface area contributed by atoms with E-state index in [9.17, 15) is 21.6 Å². The van der Waals surface area contributed by atoms with Crippen LogP contribution < -0.4 is 0 Å². The van der Waals surface area contributed by atoms with Crippen molar-refractivity contribution in [3.05, 3.63) is 35.9 Å².